The van der Waals surface area contributed by atoms with Crippen molar-refractivity contribution < 1.29 is 9.53 Å². The molecule has 3 N–H and O–H groups in total. The predicted octanol–water partition coefficient (Wildman–Crippen LogP) is 3.97. The van der Waals surface area contributed by atoms with Crippen molar-refractivity contribution in [2.45, 2.75) is 52.2 Å². The van der Waals surface area contributed by atoms with E-state index in [-0.39, 0.29) is 6.04 Å². The molecule has 1 amide bonds. The summed E-state index contributed by atoms with van der Waals surface area (Å²) in [5.41, 5.74) is 6.90. The Hall–Kier alpha value is -1.26. The first-order valence-electron chi connectivity index (χ1n) is 6.71. The van der Waals surface area contributed by atoms with Crippen LogP contribution in [0.2, 0.25) is 5.02 Å². The highest BCUT2D eigenvalue weighted by atomic mass is 35.5. The molecule has 0 aliphatic carbocycles. The maximum Gasteiger partial charge on any atom is 0.412 e. The van der Waals surface area contributed by atoms with Crippen molar-refractivity contribution in [3.63, 3.8) is 0 Å². The molecule has 20 heavy (non-hydrogen) atoms. The van der Waals surface area contributed by atoms with Crippen LogP contribution in [0.5, 0.6) is 0 Å². The molecule has 0 aromatic heterocycles. The van der Waals surface area contributed by atoms with E-state index < -0.39 is 11.7 Å². The van der Waals surface area contributed by atoms with Gasteiger partial charge in [-0.2, -0.15) is 0 Å². The van der Waals surface area contributed by atoms with Crippen LogP contribution >= 0.6 is 11.6 Å². The van der Waals surface area contributed by atoms with Crippen molar-refractivity contribution in [2.24, 2.45) is 5.73 Å². The molecular weight excluding hydrogens is 276 g/mol. The van der Waals surface area contributed by atoms with E-state index in [0.717, 1.165) is 18.4 Å². The highest BCUT2D eigenvalue weighted by molar-refractivity contribution is 6.31. The molecule has 0 saturated carbocycles. The van der Waals surface area contributed by atoms with E-state index in [9.17, 15) is 4.79 Å². The lowest BCUT2D eigenvalue weighted by Crippen LogP contribution is -2.27. The molecule has 0 aliphatic rings. The van der Waals surface area contributed by atoms with Crippen molar-refractivity contribution >= 4 is 23.4 Å². The number of carbonyl (C=O) groups excluding carboxylic acids is 1. The second-order valence-corrected chi connectivity index (χ2v) is 6.38. The van der Waals surface area contributed by atoms with Crippen molar-refractivity contribution in [2.75, 3.05) is 5.32 Å². The van der Waals surface area contributed by atoms with Crippen molar-refractivity contribution in [3.05, 3.63) is 28.8 Å². The van der Waals surface area contributed by atoms with Gasteiger partial charge in [0.25, 0.3) is 0 Å². The summed E-state index contributed by atoms with van der Waals surface area (Å²) in [5.74, 6) is 0. The Labute approximate surface area is 125 Å². The van der Waals surface area contributed by atoms with Gasteiger partial charge in [-0.3, -0.25) is 5.32 Å². The molecule has 0 spiro atoms. The van der Waals surface area contributed by atoms with Crippen molar-refractivity contribution in [1.82, 2.24) is 0 Å². The number of benzene rings is 1. The van der Waals surface area contributed by atoms with Crippen LogP contribution in [0.25, 0.3) is 0 Å². The first kappa shape index (κ1) is 16.8. The Bertz CT molecular complexity index is 467. The SMILES string of the molecule is C[C@@H](N)CCc1ccc(Cl)cc1NC(=O)OC(C)(C)C. The number of aryl methyl sites for hydroxylation is 1. The molecular formula is C15H23ClN2O2. The minimum absolute atomic E-state index is 0.111. The van der Waals surface area contributed by atoms with Crippen LogP contribution in [0.3, 0.4) is 0 Å². The number of halogens is 1. The van der Waals surface area contributed by atoms with Gasteiger partial charge >= 0.3 is 6.09 Å². The average molecular weight is 299 g/mol. The van der Waals surface area contributed by atoms with Gasteiger partial charge < -0.3 is 10.5 Å². The van der Waals surface area contributed by atoms with E-state index in [0.29, 0.717) is 10.7 Å². The Morgan fingerprint density at radius 1 is 1.45 bits per heavy atom. The molecule has 112 valence electrons. The number of hydrogen-bond acceptors (Lipinski definition) is 3. The molecule has 1 rings (SSSR count). The smallest absolute Gasteiger partial charge is 0.412 e. The second kappa shape index (κ2) is 6.95. The molecule has 1 atom stereocenters. The summed E-state index contributed by atoms with van der Waals surface area (Å²) < 4.78 is 5.24. The summed E-state index contributed by atoms with van der Waals surface area (Å²) in [4.78, 5) is 11.8. The number of nitrogens with one attached hydrogen (secondary N) is 1. The summed E-state index contributed by atoms with van der Waals surface area (Å²) in [6, 6.07) is 5.54. The maximum atomic E-state index is 11.8. The van der Waals surface area contributed by atoms with E-state index >= 15 is 0 Å². The summed E-state index contributed by atoms with van der Waals surface area (Å²) in [6.07, 6.45) is 1.13. The van der Waals surface area contributed by atoms with Gasteiger partial charge in [-0.15, -0.1) is 0 Å². The van der Waals surface area contributed by atoms with Crippen LogP contribution in [0, 0.1) is 0 Å². The lowest BCUT2D eigenvalue weighted by Gasteiger charge is -2.20. The third kappa shape index (κ3) is 6.26. The van der Waals surface area contributed by atoms with Gasteiger partial charge in [-0.05, 0) is 58.2 Å². The van der Waals surface area contributed by atoms with E-state index in [1.54, 1.807) is 12.1 Å². The Balaban J connectivity index is 2.81. The summed E-state index contributed by atoms with van der Waals surface area (Å²) in [6.45, 7) is 7.42. The Morgan fingerprint density at radius 2 is 2.10 bits per heavy atom. The zero-order valence-electron chi connectivity index (χ0n) is 12.5. The minimum atomic E-state index is -0.533. The minimum Gasteiger partial charge on any atom is -0.444 e. The Kier molecular flexibility index (Phi) is 5.84. The third-order valence-corrected chi connectivity index (χ3v) is 2.81. The lowest BCUT2D eigenvalue weighted by molar-refractivity contribution is 0.0636. The monoisotopic (exact) mass is 298 g/mol. The standard InChI is InChI=1S/C15H23ClN2O2/c1-10(17)5-6-11-7-8-12(16)9-13(11)18-14(19)20-15(2,3)4/h7-10H,5-6,17H2,1-4H3,(H,18,19)/t10-/m1/s1. The average Bonchev–Trinajstić information content (AvgIpc) is 2.24. The molecule has 0 heterocycles. The quantitative estimate of drug-likeness (QED) is 0.884. The molecule has 0 bridgehead atoms. The van der Waals surface area contributed by atoms with Gasteiger partial charge in [0.05, 0.1) is 0 Å². The van der Waals surface area contributed by atoms with Gasteiger partial charge in [0, 0.05) is 16.8 Å². The van der Waals surface area contributed by atoms with Gasteiger partial charge in [-0.25, -0.2) is 4.79 Å². The van der Waals surface area contributed by atoms with Crippen LogP contribution in [0.1, 0.15) is 39.7 Å². The van der Waals surface area contributed by atoms with E-state index in [1.165, 1.54) is 0 Å². The normalized spacial score (nSPS) is 12.9. The first-order valence-corrected chi connectivity index (χ1v) is 7.09. The third-order valence-electron chi connectivity index (χ3n) is 2.58. The molecule has 0 unspecified atom stereocenters. The highest BCUT2D eigenvalue weighted by Gasteiger charge is 2.17. The maximum absolute atomic E-state index is 11.8. The number of anilines is 1. The number of ether oxygens (including phenoxy) is 1. The van der Waals surface area contributed by atoms with Crippen LogP contribution < -0.4 is 11.1 Å². The lowest BCUT2D eigenvalue weighted by atomic mass is 10.0. The summed E-state index contributed by atoms with van der Waals surface area (Å²) in [5, 5.41) is 3.32. The molecule has 0 saturated heterocycles. The fourth-order valence-corrected chi connectivity index (χ4v) is 1.85. The van der Waals surface area contributed by atoms with E-state index in [1.807, 2.05) is 33.8 Å². The van der Waals surface area contributed by atoms with E-state index in [2.05, 4.69) is 5.32 Å². The largest absolute Gasteiger partial charge is 0.444 e. The highest BCUT2D eigenvalue weighted by Crippen LogP contribution is 2.23. The molecule has 4 nitrogen and oxygen atoms in total. The molecule has 1 aromatic carbocycles. The number of hydrogen-bond donors (Lipinski definition) is 2. The second-order valence-electron chi connectivity index (χ2n) is 5.94. The first-order chi connectivity index (χ1) is 9.17. The topological polar surface area (TPSA) is 64.3 Å². The zero-order chi connectivity index (χ0) is 15.3. The van der Waals surface area contributed by atoms with Gasteiger partial charge in [0.2, 0.25) is 0 Å². The van der Waals surface area contributed by atoms with Crippen LogP contribution in [-0.4, -0.2) is 17.7 Å². The number of carbonyl (C=O) groups is 1. The fourth-order valence-electron chi connectivity index (χ4n) is 1.68. The molecule has 0 fully saturated rings. The molecule has 0 radical (unpaired) electrons. The number of rotatable bonds is 4. The fraction of sp³-hybridized carbons (Fsp3) is 0.533. The van der Waals surface area contributed by atoms with Crippen LogP contribution in [-0.2, 0) is 11.2 Å². The van der Waals surface area contributed by atoms with Gasteiger partial charge in [0.15, 0.2) is 0 Å². The van der Waals surface area contributed by atoms with Gasteiger partial charge in [-0.1, -0.05) is 17.7 Å². The van der Waals surface area contributed by atoms with E-state index in [4.69, 9.17) is 22.1 Å². The summed E-state index contributed by atoms with van der Waals surface area (Å²) in [7, 11) is 0. The van der Waals surface area contributed by atoms with Crippen molar-refractivity contribution in [3.8, 4) is 0 Å². The molecule has 1 aromatic rings. The van der Waals surface area contributed by atoms with Crippen LogP contribution in [0.4, 0.5) is 10.5 Å². The van der Waals surface area contributed by atoms with Crippen molar-refractivity contribution in [1.29, 1.82) is 0 Å². The number of nitrogens with two attached hydrogens (primary N) is 1. The zero-order valence-corrected chi connectivity index (χ0v) is 13.3. The Morgan fingerprint density at radius 3 is 2.65 bits per heavy atom. The van der Waals surface area contributed by atoms with Gasteiger partial charge in [0.1, 0.15) is 5.60 Å². The summed E-state index contributed by atoms with van der Waals surface area (Å²) >= 11 is 5.98. The predicted molar refractivity (Wildman–Crippen MR) is 83.3 cm³/mol. The van der Waals surface area contributed by atoms with Crippen LogP contribution in [0.15, 0.2) is 18.2 Å². The molecule has 0 aliphatic heterocycles. The molecule has 5 heteroatoms. The number of amides is 1.